The molecule has 0 bridgehead atoms. The molecule has 2 unspecified atom stereocenters. The molecule has 88 valence electrons. The van der Waals surface area contributed by atoms with Crippen LogP contribution in [0.5, 0.6) is 5.75 Å². The molecule has 0 aliphatic carbocycles. The fourth-order valence-electron chi connectivity index (χ4n) is 2.34. The number of halogens is 1. The van der Waals surface area contributed by atoms with Crippen LogP contribution < -0.4 is 10.5 Å². The number of ether oxygens (including phenoxy) is 1. The average Bonchev–Trinajstić information content (AvgIpc) is 2.58. The van der Waals surface area contributed by atoms with Crippen molar-refractivity contribution in [3.8, 4) is 5.75 Å². The summed E-state index contributed by atoms with van der Waals surface area (Å²) in [6, 6.07) is 6.73. The molecule has 1 heterocycles. The van der Waals surface area contributed by atoms with Crippen LogP contribution in [0.4, 0.5) is 0 Å². The van der Waals surface area contributed by atoms with E-state index in [9.17, 15) is 0 Å². The van der Waals surface area contributed by atoms with Crippen LogP contribution >= 0.6 is 15.9 Å². The maximum Gasteiger partial charge on any atom is 0.133 e. The zero-order valence-corrected chi connectivity index (χ0v) is 11.2. The highest BCUT2D eigenvalue weighted by atomic mass is 79.9. The first-order valence-corrected chi connectivity index (χ1v) is 6.22. The Balaban J connectivity index is 2.30. The van der Waals surface area contributed by atoms with Gasteiger partial charge in [0.2, 0.25) is 0 Å². The largest absolute Gasteiger partial charge is 0.496 e. The van der Waals surface area contributed by atoms with Gasteiger partial charge in [-0.1, -0.05) is 6.07 Å². The van der Waals surface area contributed by atoms with Crippen LogP contribution in [0.15, 0.2) is 22.7 Å². The molecule has 1 aliphatic heterocycles. The fourth-order valence-corrected chi connectivity index (χ4v) is 2.90. The van der Waals surface area contributed by atoms with Crippen LogP contribution in [0.1, 0.15) is 18.0 Å². The van der Waals surface area contributed by atoms with E-state index in [0.29, 0.717) is 6.04 Å². The Morgan fingerprint density at radius 2 is 2.25 bits per heavy atom. The second-order valence-corrected chi connectivity index (χ2v) is 5.13. The predicted octanol–water partition coefficient (Wildman–Crippen LogP) is 2.16. The highest BCUT2D eigenvalue weighted by molar-refractivity contribution is 9.10. The molecule has 0 radical (unpaired) electrons. The van der Waals surface area contributed by atoms with Gasteiger partial charge >= 0.3 is 0 Å². The van der Waals surface area contributed by atoms with Crippen LogP contribution in [0.3, 0.4) is 0 Å². The summed E-state index contributed by atoms with van der Waals surface area (Å²) in [5, 5.41) is 0. The van der Waals surface area contributed by atoms with Gasteiger partial charge in [0.1, 0.15) is 5.75 Å². The molecule has 2 atom stereocenters. The van der Waals surface area contributed by atoms with Gasteiger partial charge in [-0.2, -0.15) is 0 Å². The summed E-state index contributed by atoms with van der Waals surface area (Å²) >= 11 is 3.51. The average molecular weight is 285 g/mol. The third kappa shape index (κ3) is 2.10. The topological polar surface area (TPSA) is 38.5 Å². The number of nitrogens with two attached hydrogens (primary N) is 1. The smallest absolute Gasteiger partial charge is 0.133 e. The van der Waals surface area contributed by atoms with E-state index < -0.39 is 0 Å². The van der Waals surface area contributed by atoms with E-state index in [2.05, 4.69) is 40.0 Å². The molecule has 4 heteroatoms. The minimum Gasteiger partial charge on any atom is -0.496 e. The van der Waals surface area contributed by atoms with Crippen LogP contribution in [0, 0.1) is 0 Å². The van der Waals surface area contributed by atoms with Crippen molar-refractivity contribution in [3.05, 3.63) is 28.2 Å². The van der Waals surface area contributed by atoms with Crippen molar-refractivity contribution in [1.82, 2.24) is 4.90 Å². The summed E-state index contributed by atoms with van der Waals surface area (Å²) in [6.07, 6.45) is 1.06. The third-order valence-electron chi connectivity index (χ3n) is 3.21. The molecule has 1 fully saturated rings. The number of likely N-dealkylation sites (N-methyl/N-ethyl adjacent to an activating group) is 1. The Bertz CT molecular complexity index is 373. The molecular formula is C12H17BrN2O. The van der Waals surface area contributed by atoms with Gasteiger partial charge in [0.05, 0.1) is 11.6 Å². The van der Waals surface area contributed by atoms with Crippen molar-refractivity contribution in [3.63, 3.8) is 0 Å². The van der Waals surface area contributed by atoms with Crippen molar-refractivity contribution < 1.29 is 4.74 Å². The summed E-state index contributed by atoms with van der Waals surface area (Å²) in [6.45, 7) is 1.06. The number of nitrogens with zero attached hydrogens (tertiary/aromatic N) is 1. The second-order valence-electron chi connectivity index (χ2n) is 4.27. The first-order valence-electron chi connectivity index (χ1n) is 5.42. The molecule has 16 heavy (non-hydrogen) atoms. The van der Waals surface area contributed by atoms with E-state index >= 15 is 0 Å². The number of methoxy groups -OCH3 is 1. The van der Waals surface area contributed by atoms with Crippen molar-refractivity contribution in [2.24, 2.45) is 5.73 Å². The van der Waals surface area contributed by atoms with Crippen molar-refractivity contribution >= 4 is 15.9 Å². The van der Waals surface area contributed by atoms with Gasteiger partial charge in [-0.25, -0.2) is 0 Å². The maximum absolute atomic E-state index is 6.13. The van der Waals surface area contributed by atoms with Crippen molar-refractivity contribution in [2.45, 2.75) is 18.5 Å². The lowest BCUT2D eigenvalue weighted by molar-refractivity contribution is 0.303. The molecule has 1 aliphatic rings. The molecule has 2 N–H and O–H groups in total. The van der Waals surface area contributed by atoms with Gasteiger partial charge < -0.3 is 10.5 Å². The number of benzene rings is 1. The Labute approximate surface area is 105 Å². The molecule has 0 saturated carbocycles. The zero-order chi connectivity index (χ0) is 11.7. The zero-order valence-electron chi connectivity index (χ0n) is 9.61. The second kappa shape index (κ2) is 4.73. The maximum atomic E-state index is 6.13. The number of likely N-dealkylation sites (tertiary alicyclic amines) is 1. The lowest BCUT2D eigenvalue weighted by Gasteiger charge is -2.23. The highest BCUT2D eigenvalue weighted by Crippen LogP contribution is 2.34. The Morgan fingerprint density at radius 1 is 1.50 bits per heavy atom. The number of hydrogen-bond donors (Lipinski definition) is 1. The minimum atomic E-state index is 0.227. The summed E-state index contributed by atoms with van der Waals surface area (Å²) in [7, 11) is 3.79. The highest BCUT2D eigenvalue weighted by Gasteiger charge is 2.30. The molecule has 0 amide bonds. The molecule has 3 nitrogen and oxygen atoms in total. The van der Waals surface area contributed by atoms with E-state index in [1.165, 1.54) is 5.56 Å². The summed E-state index contributed by atoms with van der Waals surface area (Å²) < 4.78 is 6.21. The Hall–Kier alpha value is -0.580. The van der Waals surface area contributed by atoms with Gasteiger partial charge in [0, 0.05) is 18.6 Å². The molecule has 0 aromatic heterocycles. The predicted molar refractivity (Wildman–Crippen MR) is 68.7 cm³/mol. The quantitative estimate of drug-likeness (QED) is 0.905. The van der Waals surface area contributed by atoms with Gasteiger partial charge in [-0.05, 0) is 47.1 Å². The van der Waals surface area contributed by atoms with Crippen molar-refractivity contribution in [1.29, 1.82) is 0 Å². The van der Waals surface area contributed by atoms with E-state index in [0.717, 1.165) is 23.2 Å². The molecule has 2 rings (SSSR count). The van der Waals surface area contributed by atoms with E-state index in [4.69, 9.17) is 10.5 Å². The molecule has 1 aromatic carbocycles. The fraction of sp³-hybridized carbons (Fsp3) is 0.500. The molecule has 0 spiro atoms. The first kappa shape index (κ1) is 11.9. The molecular weight excluding hydrogens is 268 g/mol. The summed E-state index contributed by atoms with van der Waals surface area (Å²) in [5.74, 6) is 0.859. The Kier molecular flexibility index (Phi) is 3.52. The van der Waals surface area contributed by atoms with E-state index in [-0.39, 0.29) is 6.04 Å². The first-order chi connectivity index (χ1) is 7.63. The van der Waals surface area contributed by atoms with Crippen LogP contribution in [0.2, 0.25) is 0 Å². The molecule has 1 aromatic rings. The van der Waals surface area contributed by atoms with Crippen LogP contribution in [0.25, 0.3) is 0 Å². The summed E-state index contributed by atoms with van der Waals surface area (Å²) in [4.78, 5) is 2.30. The van der Waals surface area contributed by atoms with Crippen molar-refractivity contribution in [2.75, 3.05) is 20.7 Å². The normalized spacial score (nSPS) is 26.0. The van der Waals surface area contributed by atoms with Gasteiger partial charge in [0.15, 0.2) is 0 Å². The van der Waals surface area contributed by atoms with Crippen LogP contribution in [-0.4, -0.2) is 31.6 Å². The monoisotopic (exact) mass is 284 g/mol. The van der Waals surface area contributed by atoms with E-state index in [1.54, 1.807) is 7.11 Å². The minimum absolute atomic E-state index is 0.227. The standard InChI is InChI=1S/C12H17BrN2O/c1-15-6-5-10(14)12(15)8-3-4-11(16-2)9(13)7-8/h3-4,7,10,12H,5-6,14H2,1-2H3. The van der Waals surface area contributed by atoms with Gasteiger partial charge in [-0.3, -0.25) is 4.90 Å². The van der Waals surface area contributed by atoms with Gasteiger partial charge in [0.25, 0.3) is 0 Å². The molecule has 1 saturated heterocycles. The number of hydrogen-bond acceptors (Lipinski definition) is 3. The lowest BCUT2D eigenvalue weighted by atomic mass is 10.0. The Morgan fingerprint density at radius 3 is 2.75 bits per heavy atom. The lowest BCUT2D eigenvalue weighted by Crippen LogP contribution is -2.29. The SMILES string of the molecule is COc1ccc(C2C(N)CCN2C)cc1Br. The van der Waals surface area contributed by atoms with E-state index in [1.807, 2.05) is 6.07 Å². The van der Waals surface area contributed by atoms with Crippen LogP contribution in [-0.2, 0) is 0 Å². The summed E-state index contributed by atoms with van der Waals surface area (Å²) in [5.41, 5.74) is 7.38. The van der Waals surface area contributed by atoms with Gasteiger partial charge in [-0.15, -0.1) is 0 Å². The third-order valence-corrected chi connectivity index (χ3v) is 3.83. The number of rotatable bonds is 2.